The smallest absolute Gasteiger partial charge is 0.262 e. The molecule has 1 atom stereocenters. The van der Waals surface area contributed by atoms with Gasteiger partial charge in [-0.2, -0.15) is 0 Å². The highest BCUT2D eigenvalue weighted by molar-refractivity contribution is 7.18. The van der Waals surface area contributed by atoms with E-state index in [1.54, 1.807) is 12.1 Å². The summed E-state index contributed by atoms with van der Waals surface area (Å²) in [7, 11) is 4.19. The van der Waals surface area contributed by atoms with E-state index >= 15 is 0 Å². The number of anilines is 1. The van der Waals surface area contributed by atoms with Gasteiger partial charge in [0.1, 0.15) is 6.04 Å². The van der Waals surface area contributed by atoms with E-state index in [1.807, 2.05) is 42.5 Å². The number of carbonyl (C=O) groups is 2. The van der Waals surface area contributed by atoms with Crippen LogP contribution in [0.2, 0.25) is 4.34 Å². The van der Waals surface area contributed by atoms with E-state index in [0.29, 0.717) is 20.5 Å². The minimum Gasteiger partial charge on any atom is -0.336 e. The van der Waals surface area contributed by atoms with Gasteiger partial charge in [-0.15, -0.1) is 11.3 Å². The molecule has 4 rings (SSSR count). The molecule has 0 saturated heterocycles. The molecule has 1 aromatic heterocycles. The summed E-state index contributed by atoms with van der Waals surface area (Å²) in [6.45, 7) is 1.02. The van der Waals surface area contributed by atoms with Gasteiger partial charge in [-0.05, 0) is 62.3 Å². The average molecular weight is 468 g/mol. The van der Waals surface area contributed by atoms with Gasteiger partial charge in [0.2, 0.25) is 0 Å². The number of likely N-dealkylation sites (N-methyl/N-ethyl adjacent to an activating group) is 1. The Morgan fingerprint density at radius 2 is 1.72 bits per heavy atom. The van der Waals surface area contributed by atoms with Gasteiger partial charge in [0.25, 0.3) is 11.8 Å². The van der Waals surface area contributed by atoms with Crippen LogP contribution < -0.4 is 10.6 Å². The van der Waals surface area contributed by atoms with Crippen molar-refractivity contribution in [1.29, 1.82) is 0 Å². The number of benzene rings is 2. The lowest BCUT2D eigenvalue weighted by Gasteiger charge is -2.21. The summed E-state index contributed by atoms with van der Waals surface area (Å²) in [5, 5.41) is 5.80. The van der Waals surface area contributed by atoms with E-state index in [2.05, 4.69) is 41.8 Å². The lowest BCUT2D eigenvalue weighted by Crippen LogP contribution is -2.36. The molecule has 2 aromatic carbocycles. The topological polar surface area (TPSA) is 61.4 Å². The fourth-order valence-electron chi connectivity index (χ4n) is 4.00. The fraction of sp³-hybridized carbons (Fsp3) is 0.280. The van der Waals surface area contributed by atoms with E-state index in [4.69, 9.17) is 11.6 Å². The highest BCUT2D eigenvalue weighted by atomic mass is 35.5. The molecule has 2 N–H and O–H groups in total. The van der Waals surface area contributed by atoms with E-state index in [0.717, 1.165) is 6.54 Å². The monoisotopic (exact) mass is 467 g/mol. The second kappa shape index (κ2) is 9.45. The van der Waals surface area contributed by atoms with Crippen molar-refractivity contribution in [1.82, 2.24) is 10.2 Å². The third kappa shape index (κ3) is 5.21. The molecule has 166 valence electrons. The van der Waals surface area contributed by atoms with Crippen LogP contribution in [0, 0.1) is 0 Å². The zero-order chi connectivity index (χ0) is 22.7. The summed E-state index contributed by atoms with van der Waals surface area (Å²) in [5.74, 6) is -0.630. The van der Waals surface area contributed by atoms with Crippen molar-refractivity contribution in [2.45, 2.75) is 24.3 Å². The number of nitrogens with zero attached hydrogens (tertiary/aromatic N) is 1. The molecule has 0 spiro atoms. The van der Waals surface area contributed by atoms with Crippen LogP contribution in [0.5, 0.6) is 0 Å². The Labute approximate surface area is 197 Å². The summed E-state index contributed by atoms with van der Waals surface area (Å²) in [5.41, 5.74) is 2.94. The number of rotatable bonds is 8. The maximum atomic E-state index is 13.2. The molecule has 1 aliphatic rings. The SMILES string of the molecule is CN(C)CC1(c2ccc(NC(=O)C(NC(=O)c3ccc(Cl)s3)c3ccccc3)cc2)CC1. The molecule has 1 unspecified atom stereocenters. The molecular weight excluding hydrogens is 442 g/mol. The van der Waals surface area contributed by atoms with Crippen LogP contribution in [-0.2, 0) is 10.2 Å². The van der Waals surface area contributed by atoms with Crippen LogP contribution >= 0.6 is 22.9 Å². The first-order valence-electron chi connectivity index (χ1n) is 10.5. The minimum atomic E-state index is -0.826. The van der Waals surface area contributed by atoms with Crippen LogP contribution in [0.25, 0.3) is 0 Å². The molecule has 1 heterocycles. The minimum absolute atomic E-state index is 0.231. The molecule has 0 radical (unpaired) electrons. The highest BCUT2D eigenvalue weighted by Gasteiger charge is 2.44. The van der Waals surface area contributed by atoms with Gasteiger partial charge < -0.3 is 15.5 Å². The molecule has 2 amide bonds. The van der Waals surface area contributed by atoms with E-state index < -0.39 is 6.04 Å². The molecule has 0 aliphatic heterocycles. The van der Waals surface area contributed by atoms with Crippen molar-refractivity contribution in [2.24, 2.45) is 0 Å². The van der Waals surface area contributed by atoms with Crippen molar-refractivity contribution >= 4 is 40.4 Å². The van der Waals surface area contributed by atoms with Gasteiger partial charge in [0, 0.05) is 17.6 Å². The second-order valence-corrected chi connectivity index (χ2v) is 10.2. The van der Waals surface area contributed by atoms with Gasteiger partial charge >= 0.3 is 0 Å². The van der Waals surface area contributed by atoms with E-state index in [1.165, 1.54) is 29.7 Å². The van der Waals surface area contributed by atoms with Crippen molar-refractivity contribution in [3.63, 3.8) is 0 Å². The van der Waals surface area contributed by atoms with Gasteiger partial charge in [-0.25, -0.2) is 0 Å². The van der Waals surface area contributed by atoms with Crippen molar-refractivity contribution < 1.29 is 9.59 Å². The number of hydrogen-bond donors (Lipinski definition) is 2. The fourth-order valence-corrected chi connectivity index (χ4v) is 4.95. The van der Waals surface area contributed by atoms with Crippen LogP contribution in [0.1, 0.15) is 39.7 Å². The van der Waals surface area contributed by atoms with Gasteiger partial charge in [0.05, 0.1) is 9.21 Å². The number of thiophene rings is 1. The maximum absolute atomic E-state index is 13.2. The van der Waals surface area contributed by atoms with Crippen molar-refractivity contribution in [2.75, 3.05) is 26.0 Å². The lowest BCUT2D eigenvalue weighted by molar-refractivity contribution is -0.118. The predicted molar refractivity (Wildman–Crippen MR) is 131 cm³/mol. The Balaban J connectivity index is 1.49. The molecular formula is C25H26ClN3O2S. The third-order valence-corrected chi connectivity index (χ3v) is 6.93. The number of carbonyl (C=O) groups excluding carboxylic acids is 2. The standard InChI is InChI=1S/C25H26ClN3O2S/c1-29(2)16-25(14-15-25)18-8-10-19(11-9-18)27-24(31)22(17-6-4-3-5-7-17)28-23(30)20-12-13-21(26)32-20/h3-13,22H,14-16H2,1-2H3,(H,27,31)(H,28,30). The zero-order valence-corrected chi connectivity index (χ0v) is 19.7. The first kappa shape index (κ1) is 22.5. The Morgan fingerprint density at radius 3 is 2.28 bits per heavy atom. The molecule has 1 saturated carbocycles. The average Bonchev–Trinajstić information content (AvgIpc) is 3.42. The van der Waals surface area contributed by atoms with Crippen LogP contribution in [0.4, 0.5) is 5.69 Å². The summed E-state index contributed by atoms with van der Waals surface area (Å²) < 4.78 is 0.527. The Hall–Kier alpha value is -2.67. The molecule has 5 nitrogen and oxygen atoms in total. The quantitative estimate of drug-likeness (QED) is 0.484. The van der Waals surface area contributed by atoms with Crippen molar-refractivity contribution in [3.8, 4) is 0 Å². The molecule has 1 fully saturated rings. The number of hydrogen-bond acceptors (Lipinski definition) is 4. The summed E-state index contributed by atoms with van der Waals surface area (Å²) in [6, 6.07) is 19.8. The molecule has 0 bridgehead atoms. The molecule has 7 heteroatoms. The van der Waals surface area contributed by atoms with Crippen LogP contribution in [0.15, 0.2) is 66.7 Å². The van der Waals surface area contributed by atoms with E-state index in [9.17, 15) is 9.59 Å². The highest BCUT2D eigenvalue weighted by Crippen LogP contribution is 2.48. The van der Waals surface area contributed by atoms with Crippen molar-refractivity contribution in [3.05, 3.63) is 87.1 Å². The second-order valence-electron chi connectivity index (χ2n) is 8.51. The van der Waals surface area contributed by atoms with Gasteiger partial charge in [-0.1, -0.05) is 54.1 Å². The Morgan fingerprint density at radius 1 is 1.03 bits per heavy atom. The zero-order valence-electron chi connectivity index (χ0n) is 18.1. The number of amides is 2. The molecule has 32 heavy (non-hydrogen) atoms. The number of halogens is 1. The lowest BCUT2D eigenvalue weighted by atomic mass is 9.95. The molecule has 3 aromatic rings. The first-order chi connectivity index (χ1) is 15.4. The van der Waals surface area contributed by atoms with Crippen LogP contribution in [-0.4, -0.2) is 37.4 Å². The molecule has 1 aliphatic carbocycles. The largest absolute Gasteiger partial charge is 0.336 e. The summed E-state index contributed by atoms with van der Waals surface area (Å²) in [6.07, 6.45) is 2.37. The Kier molecular flexibility index (Phi) is 6.65. The third-order valence-electron chi connectivity index (χ3n) is 5.70. The maximum Gasteiger partial charge on any atom is 0.262 e. The van der Waals surface area contributed by atoms with Gasteiger partial charge in [-0.3, -0.25) is 9.59 Å². The Bertz CT molecular complexity index is 1090. The first-order valence-corrected chi connectivity index (χ1v) is 11.7. The van der Waals surface area contributed by atoms with E-state index in [-0.39, 0.29) is 17.2 Å². The van der Waals surface area contributed by atoms with Gasteiger partial charge in [0.15, 0.2) is 0 Å². The normalized spacial score (nSPS) is 15.2. The van der Waals surface area contributed by atoms with Crippen LogP contribution in [0.3, 0.4) is 0 Å². The summed E-state index contributed by atoms with van der Waals surface area (Å²) in [4.78, 5) is 28.6. The number of nitrogens with one attached hydrogen (secondary N) is 2. The predicted octanol–water partition coefficient (Wildman–Crippen LogP) is 5.10. The summed E-state index contributed by atoms with van der Waals surface area (Å²) >= 11 is 7.14.